The number of nitrogens with one attached hydrogen (secondary N) is 1. The summed E-state index contributed by atoms with van der Waals surface area (Å²) in [5.41, 5.74) is -1.10. The van der Waals surface area contributed by atoms with Crippen molar-refractivity contribution in [2.24, 2.45) is 5.41 Å². The maximum absolute atomic E-state index is 12.2. The van der Waals surface area contributed by atoms with Gasteiger partial charge in [-0.15, -0.1) is 0 Å². The highest BCUT2D eigenvalue weighted by molar-refractivity contribution is 7.99. The number of alkyl halides is 2. The van der Waals surface area contributed by atoms with Crippen LogP contribution < -0.4 is 5.32 Å². The molecule has 0 aromatic heterocycles. The maximum Gasteiger partial charge on any atom is 0.319 e. The molecular weight excluding hydrogens is 300 g/mol. The third kappa shape index (κ3) is 4.17. The number of carbonyl (C=O) groups excluding carboxylic acids is 1. The Balaban J connectivity index is 2.85. The molecule has 2 N–H and O–H groups in total. The number of hydrogen-bond donors (Lipinski definition) is 2. The average molecular weight is 317 g/mol. The first kappa shape index (κ1) is 17.4. The van der Waals surface area contributed by atoms with E-state index >= 15 is 0 Å². The van der Waals surface area contributed by atoms with Gasteiger partial charge in [0, 0.05) is 10.6 Å². The highest BCUT2D eigenvalue weighted by Crippen LogP contribution is 2.30. The minimum atomic E-state index is -2.51. The first-order chi connectivity index (χ1) is 9.85. The van der Waals surface area contributed by atoms with Crippen molar-refractivity contribution in [3.8, 4) is 0 Å². The second-order valence-electron chi connectivity index (χ2n) is 4.45. The second-order valence-corrected chi connectivity index (χ2v) is 5.51. The number of benzene rings is 1. The van der Waals surface area contributed by atoms with Crippen molar-refractivity contribution in [1.82, 2.24) is 0 Å². The molecule has 0 spiro atoms. The number of anilines is 1. The van der Waals surface area contributed by atoms with Crippen LogP contribution in [-0.2, 0) is 9.59 Å². The number of hydrogen-bond acceptors (Lipinski definition) is 3. The highest BCUT2D eigenvalue weighted by atomic mass is 32.2. The van der Waals surface area contributed by atoms with Gasteiger partial charge >= 0.3 is 5.97 Å². The number of thioether (sulfide) groups is 1. The van der Waals surface area contributed by atoms with Crippen LogP contribution in [0.1, 0.15) is 26.7 Å². The molecule has 116 valence electrons. The van der Waals surface area contributed by atoms with Gasteiger partial charge in [-0.05, 0) is 37.1 Å². The van der Waals surface area contributed by atoms with E-state index in [1.54, 1.807) is 13.8 Å². The molecule has 1 aromatic rings. The molecule has 7 heteroatoms. The summed E-state index contributed by atoms with van der Waals surface area (Å²) in [6, 6.07) is 5.85. The van der Waals surface area contributed by atoms with Crippen LogP contribution in [0.2, 0.25) is 0 Å². The molecule has 0 saturated heterocycles. The second kappa shape index (κ2) is 7.40. The molecule has 0 unspecified atom stereocenters. The monoisotopic (exact) mass is 317 g/mol. The van der Waals surface area contributed by atoms with Gasteiger partial charge in [0.15, 0.2) is 0 Å². The average Bonchev–Trinajstić information content (AvgIpc) is 2.42. The van der Waals surface area contributed by atoms with Crippen LogP contribution in [0.3, 0.4) is 0 Å². The van der Waals surface area contributed by atoms with Crippen LogP contribution in [0.5, 0.6) is 0 Å². The molecule has 0 aliphatic heterocycles. The van der Waals surface area contributed by atoms with E-state index in [2.05, 4.69) is 5.32 Å². The molecule has 0 aliphatic rings. The number of aliphatic carboxylic acids is 1. The van der Waals surface area contributed by atoms with E-state index in [1.165, 1.54) is 24.3 Å². The fourth-order valence-corrected chi connectivity index (χ4v) is 2.44. The quantitative estimate of drug-likeness (QED) is 0.592. The van der Waals surface area contributed by atoms with Crippen LogP contribution in [0.4, 0.5) is 14.5 Å². The van der Waals surface area contributed by atoms with Crippen molar-refractivity contribution >= 4 is 29.3 Å². The Morgan fingerprint density at radius 1 is 1.24 bits per heavy atom. The van der Waals surface area contributed by atoms with Gasteiger partial charge < -0.3 is 10.4 Å². The van der Waals surface area contributed by atoms with E-state index in [9.17, 15) is 23.5 Å². The summed E-state index contributed by atoms with van der Waals surface area (Å²) >= 11 is 0.405. The number of rotatable bonds is 7. The lowest BCUT2D eigenvalue weighted by atomic mass is 9.81. The molecule has 0 saturated carbocycles. The molecule has 1 amide bonds. The Labute approximate surface area is 125 Å². The van der Waals surface area contributed by atoms with Crippen molar-refractivity contribution < 1.29 is 23.5 Å². The Kier molecular flexibility index (Phi) is 6.14. The number of carbonyl (C=O) groups is 2. The zero-order valence-corrected chi connectivity index (χ0v) is 12.5. The maximum atomic E-state index is 12.2. The molecule has 0 bridgehead atoms. The minimum absolute atomic E-state index is 0.171. The fraction of sp³-hybridized carbons (Fsp3) is 0.429. The molecule has 1 rings (SSSR count). The van der Waals surface area contributed by atoms with E-state index in [4.69, 9.17) is 0 Å². The molecule has 4 nitrogen and oxygen atoms in total. The third-order valence-corrected chi connectivity index (χ3v) is 4.11. The van der Waals surface area contributed by atoms with E-state index in [0.29, 0.717) is 22.3 Å². The van der Waals surface area contributed by atoms with Crippen molar-refractivity contribution in [3.63, 3.8) is 0 Å². The Bertz CT molecular complexity index is 501. The van der Waals surface area contributed by atoms with Crippen molar-refractivity contribution in [2.75, 3.05) is 5.32 Å². The van der Waals surface area contributed by atoms with Crippen LogP contribution in [0, 0.1) is 5.41 Å². The van der Waals surface area contributed by atoms with Gasteiger partial charge in [-0.2, -0.15) is 8.78 Å². The smallest absolute Gasteiger partial charge is 0.319 e. The molecule has 0 radical (unpaired) electrons. The van der Waals surface area contributed by atoms with Gasteiger partial charge in [-0.1, -0.05) is 25.6 Å². The number of halogens is 2. The van der Waals surface area contributed by atoms with Crippen LogP contribution in [0.15, 0.2) is 29.2 Å². The summed E-state index contributed by atoms with van der Waals surface area (Å²) in [5.74, 6) is -4.28. The third-order valence-electron chi connectivity index (χ3n) is 3.39. The molecule has 21 heavy (non-hydrogen) atoms. The lowest BCUT2D eigenvalue weighted by Crippen LogP contribution is -2.42. The van der Waals surface area contributed by atoms with Crippen molar-refractivity contribution in [3.05, 3.63) is 24.3 Å². The van der Waals surface area contributed by atoms with E-state index in [1.807, 2.05) is 0 Å². The first-order valence-electron chi connectivity index (χ1n) is 6.45. The summed E-state index contributed by atoms with van der Waals surface area (Å²) < 4.78 is 24.4. The van der Waals surface area contributed by atoms with Crippen molar-refractivity contribution in [1.29, 1.82) is 0 Å². The predicted octanol–water partition coefficient (Wildman–Crippen LogP) is 3.83. The Morgan fingerprint density at radius 2 is 1.76 bits per heavy atom. The van der Waals surface area contributed by atoms with Crippen molar-refractivity contribution in [2.45, 2.75) is 37.3 Å². The van der Waals surface area contributed by atoms with Crippen LogP contribution in [0.25, 0.3) is 0 Å². The summed E-state index contributed by atoms with van der Waals surface area (Å²) in [5, 5.41) is 11.8. The van der Waals surface area contributed by atoms with Gasteiger partial charge in [-0.3, -0.25) is 9.59 Å². The molecule has 0 aliphatic carbocycles. The van der Waals surface area contributed by atoms with Gasteiger partial charge in [-0.25, -0.2) is 0 Å². The van der Waals surface area contributed by atoms with Gasteiger partial charge in [0.1, 0.15) is 5.41 Å². The SMILES string of the molecule is CCC(CC)(C(=O)O)C(=O)Nc1ccc(SC(F)F)cc1. The molecule has 0 atom stereocenters. The van der Waals surface area contributed by atoms with Crippen LogP contribution >= 0.6 is 11.8 Å². The van der Waals surface area contributed by atoms with E-state index in [0.717, 1.165) is 0 Å². The topological polar surface area (TPSA) is 66.4 Å². The summed E-state index contributed by atoms with van der Waals surface area (Å²) in [7, 11) is 0. The Hall–Kier alpha value is -1.63. The first-order valence-corrected chi connectivity index (χ1v) is 7.33. The predicted molar refractivity (Wildman–Crippen MR) is 77.6 cm³/mol. The lowest BCUT2D eigenvalue weighted by Gasteiger charge is -2.25. The molecule has 0 heterocycles. The van der Waals surface area contributed by atoms with E-state index < -0.39 is 23.0 Å². The summed E-state index contributed by atoms with van der Waals surface area (Å²) in [6.07, 6.45) is 0.341. The Morgan fingerprint density at radius 3 is 2.14 bits per heavy atom. The number of amides is 1. The highest BCUT2D eigenvalue weighted by Gasteiger charge is 2.42. The lowest BCUT2D eigenvalue weighted by molar-refractivity contribution is -0.154. The van der Waals surface area contributed by atoms with Gasteiger partial charge in [0.05, 0.1) is 0 Å². The summed E-state index contributed by atoms with van der Waals surface area (Å²) in [4.78, 5) is 23.9. The number of carboxylic acid groups (broad SMARTS) is 1. The number of carboxylic acids is 1. The minimum Gasteiger partial charge on any atom is -0.480 e. The zero-order valence-electron chi connectivity index (χ0n) is 11.7. The van der Waals surface area contributed by atoms with Crippen LogP contribution in [-0.4, -0.2) is 22.7 Å². The zero-order chi connectivity index (χ0) is 16.0. The van der Waals surface area contributed by atoms with Gasteiger partial charge in [0.2, 0.25) is 5.91 Å². The fourth-order valence-electron chi connectivity index (χ4n) is 1.94. The summed E-state index contributed by atoms with van der Waals surface area (Å²) in [6.45, 7) is 3.28. The molecule has 1 aromatic carbocycles. The largest absolute Gasteiger partial charge is 0.480 e. The normalized spacial score (nSPS) is 11.5. The molecular formula is C14H17F2NO3S. The standard InChI is InChI=1S/C14H17F2NO3S/c1-3-14(4-2,12(19)20)11(18)17-9-5-7-10(8-6-9)21-13(15)16/h5-8,13H,3-4H2,1-2H3,(H,17,18)(H,19,20). The van der Waals surface area contributed by atoms with E-state index in [-0.39, 0.29) is 12.8 Å². The van der Waals surface area contributed by atoms with Gasteiger partial charge in [0.25, 0.3) is 5.76 Å². The molecule has 0 fully saturated rings.